The summed E-state index contributed by atoms with van der Waals surface area (Å²) in [6.45, 7) is -0.172. The SMILES string of the molecule is CN(C)C(=O)c1cccc(NC(=O)CNc2cc(F)cc(F)c2)c1. The van der Waals surface area contributed by atoms with Crippen molar-refractivity contribution in [1.82, 2.24) is 4.90 Å². The van der Waals surface area contributed by atoms with E-state index in [4.69, 9.17) is 0 Å². The molecule has 0 saturated carbocycles. The number of nitrogens with one attached hydrogen (secondary N) is 2. The van der Waals surface area contributed by atoms with Crippen LogP contribution in [0.3, 0.4) is 0 Å². The van der Waals surface area contributed by atoms with E-state index < -0.39 is 17.5 Å². The van der Waals surface area contributed by atoms with Crippen LogP contribution in [0.15, 0.2) is 42.5 Å². The van der Waals surface area contributed by atoms with Gasteiger partial charge in [0.05, 0.1) is 6.54 Å². The average molecular weight is 333 g/mol. The molecule has 0 fully saturated rings. The third-order valence-electron chi connectivity index (χ3n) is 3.12. The Hall–Kier alpha value is -2.96. The van der Waals surface area contributed by atoms with E-state index in [9.17, 15) is 18.4 Å². The van der Waals surface area contributed by atoms with Crippen molar-refractivity contribution in [3.63, 3.8) is 0 Å². The van der Waals surface area contributed by atoms with Gasteiger partial charge in [-0.15, -0.1) is 0 Å². The molecule has 0 spiro atoms. The zero-order chi connectivity index (χ0) is 17.7. The minimum atomic E-state index is -0.729. The molecule has 7 heteroatoms. The van der Waals surface area contributed by atoms with Crippen LogP contribution in [0, 0.1) is 11.6 Å². The van der Waals surface area contributed by atoms with Gasteiger partial charge in [0.15, 0.2) is 0 Å². The standard InChI is InChI=1S/C17H17F2N3O2/c1-22(2)17(24)11-4-3-5-14(6-11)21-16(23)10-20-15-8-12(18)7-13(19)9-15/h3-9,20H,10H2,1-2H3,(H,21,23). The summed E-state index contributed by atoms with van der Waals surface area (Å²) in [5, 5.41) is 5.25. The summed E-state index contributed by atoms with van der Waals surface area (Å²) in [7, 11) is 3.27. The molecule has 2 amide bonds. The van der Waals surface area contributed by atoms with Crippen LogP contribution in [-0.2, 0) is 4.79 Å². The lowest BCUT2D eigenvalue weighted by molar-refractivity contribution is -0.114. The predicted molar refractivity (Wildman–Crippen MR) is 87.9 cm³/mol. The van der Waals surface area contributed by atoms with Crippen LogP contribution in [0.1, 0.15) is 10.4 Å². The summed E-state index contributed by atoms with van der Waals surface area (Å²) in [5.74, 6) is -2.05. The van der Waals surface area contributed by atoms with Crippen LogP contribution in [0.2, 0.25) is 0 Å². The predicted octanol–water partition coefficient (Wildman–Crippen LogP) is 2.72. The van der Waals surface area contributed by atoms with Gasteiger partial charge in [0, 0.05) is 37.1 Å². The molecule has 2 aromatic rings. The number of halogens is 2. The third-order valence-corrected chi connectivity index (χ3v) is 3.12. The number of rotatable bonds is 5. The van der Waals surface area contributed by atoms with E-state index in [-0.39, 0.29) is 18.1 Å². The molecular weight excluding hydrogens is 316 g/mol. The molecular formula is C17H17F2N3O2. The van der Waals surface area contributed by atoms with Gasteiger partial charge in [-0.2, -0.15) is 0 Å². The highest BCUT2D eigenvalue weighted by Crippen LogP contribution is 2.14. The fraction of sp³-hybridized carbons (Fsp3) is 0.176. The van der Waals surface area contributed by atoms with Gasteiger partial charge in [-0.25, -0.2) is 8.78 Å². The van der Waals surface area contributed by atoms with Gasteiger partial charge >= 0.3 is 0 Å². The van der Waals surface area contributed by atoms with Gasteiger partial charge in [0.2, 0.25) is 5.91 Å². The van der Waals surface area contributed by atoms with Crippen LogP contribution >= 0.6 is 0 Å². The highest BCUT2D eigenvalue weighted by Gasteiger charge is 2.10. The van der Waals surface area contributed by atoms with E-state index in [2.05, 4.69) is 10.6 Å². The van der Waals surface area contributed by atoms with Crippen molar-refractivity contribution < 1.29 is 18.4 Å². The van der Waals surface area contributed by atoms with E-state index in [1.807, 2.05) is 0 Å². The normalized spacial score (nSPS) is 10.2. The van der Waals surface area contributed by atoms with E-state index in [0.29, 0.717) is 11.3 Å². The fourth-order valence-electron chi connectivity index (χ4n) is 2.03. The van der Waals surface area contributed by atoms with Gasteiger partial charge in [0.1, 0.15) is 11.6 Å². The van der Waals surface area contributed by atoms with E-state index in [1.54, 1.807) is 38.4 Å². The van der Waals surface area contributed by atoms with Crippen molar-refractivity contribution in [2.24, 2.45) is 0 Å². The van der Waals surface area contributed by atoms with Crippen molar-refractivity contribution >= 4 is 23.2 Å². The molecule has 0 bridgehead atoms. The van der Waals surface area contributed by atoms with Crippen LogP contribution in [-0.4, -0.2) is 37.4 Å². The van der Waals surface area contributed by atoms with E-state index in [1.165, 1.54) is 4.90 Å². The monoisotopic (exact) mass is 333 g/mol. The Bertz CT molecular complexity index is 743. The lowest BCUT2D eigenvalue weighted by Crippen LogP contribution is -2.23. The molecule has 0 aromatic heterocycles. The van der Waals surface area contributed by atoms with Gasteiger partial charge < -0.3 is 15.5 Å². The van der Waals surface area contributed by atoms with Gasteiger partial charge in [-0.1, -0.05) is 6.07 Å². The van der Waals surface area contributed by atoms with Crippen molar-refractivity contribution in [1.29, 1.82) is 0 Å². The Morgan fingerprint density at radius 1 is 1.00 bits per heavy atom. The Morgan fingerprint density at radius 3 is 2.29 bits per heavy atom. The molecule has 0 heterocycles. The van der Waals surface area contributed by atoms with Crippen molar-refractivity contribution in [3.8, 4) is 0 Å². The molecule has 0 unspecified atom stereocenters. The number of hydrogen-bond acceptors (Lipinski definition) is 3. The second-order valence-electron chi connectivity index (χ2n) is 5.34. The molecule has 0 radical (unpaired) electrons. The molecule has 0 aliphatic carbocycles. The Morgan fingerprint density at radius 2 is 1.67 bits per heavy atom. The van der Waals surface area contributed by atoms with E-state index in [0.717, 1.165) is 18.2 Å². The zero-order valence-corrected chi connectivity index (χ0v) is 13.3. The van der Waals surface area contributed by atoms with Gasteiger partial charge in [-0.05, 0) is 30.3 Å². The number of benzene rings is 2. The summed E-state index contributed by atoms with van der Waals surface area (Å²) in [4.78, 5) is 25.2. The average Bonchev–Trinajstić information content (AvgIpc) is 2.51. The Kier molecular flexibility index (Phi) is 5.47. The molecule has 0 saturated heterocycles. The maximum Gasteiger partial charge on any atom is 0.253 e. The van der Waals surface area contributed by atoms with Gasteiger partial charge in [0.25, 0.3) is 5.91 Å². The summed E-state index contributed by atoms with van der Waals surface area (Å²) >= 11 is 0. The van der Waals surface area contributed by atoms with Crippen molar-refractivity contribution in [2.45, 2.75) is 0 Å². The van der Waals surface area contributed by atoms with Crippen molar-refractivity contribution in [2.75, 3.05) is 31.3 Å². The molecule has 5 nitrogen and oxygen atoms in total. The molecule has 0 atom stereocenters. The second-order valence-corrected chi connectivity index (χ2v) is 5.34. The number of amides is 2. The van der Waals surface area contributed by atoms with Crippen LogP contribution < -0.4 is 10.6 Å². The Labute approximate surface area is 138 Å². The molecule has 2 aromatic carbocycles. The summed E-state index contributed by atoms with van der Waals surface area (Å²) < 4.78 is 26.1. The van der Waals surface area contributed by atoms with Crippen LogP contribution in [0.4, 0.5) is 20.2 Å². The molecule has 0 aliphatic rings. The van der Waals surface area contributed by atoms with Crippen molar-refractivity contribution in [3.05, 3.63) is 59.7 Å². The zero-order valence-electron chi connectivity index (χ0n) is 13.3. The number of carbonyl (C=O) groups excluding carboxylic acids is 2. The first-order chi connectivity index (χ1) is 11.3. The second kappa shape index (κ2) is 7.54. The first kappa shape index (κ1) is 17.4. The first-order valence-electron chi connectivity index (χ1n) is 7.16. The highest BCUT2D eigenvalue weighted by atomic mass is 19.1. The molecule has 24 heavy (non-hydrogen) atoms. The molecule has 126 valence electrons. The summed E-state index contributed by atoms with van der Waals surface area (Å²) in [6, 6.07) is 9.43. The largest absolute Gasteiger partial charge is 0.376 e. The summed E-state index contributed by atoms with van der Waals surface area (Å²) in [6.07, 6.45) is 0. The minimum absolute atomic E-state index is 0.166. The molecule has 2 N–H and O–H groups in total. The number of nitrogens with zero attached hydrogens (tertiary/aromatic N) is 1. The van der Waals surface area contributed by atoms with Gasteiger partial charge in [-0.3, -0.25) is 9.59 Å². The van der Waals surface area contributed by atoms with E-state index >= 15 is 0 Å². The highest BCUT2D eigenvalue weighted by molar-refractivity contribution is 5.97. The quantitative estimate of drug-likeness (QED) is 0.884. The Balaban J connectivity index is 1.97. The lowest BCUT2D eigenvalue weighted by Gasteiger charge is -2.12. The maximum absolute atomic E-state index is 13.1. The topological polar surface area (TPSA) is 61.4 Å². The number of hydrogen-bond donors (Lipinski definition) is 2. The van der Waals surface area contributed by atoms with Crippen LogP contribution in [0.25, 0.3) is 0 Å². The smallest absolute Gasteiger partial charge is 0.253 e. The fourth-order valence-corrected chi connectivity index (χ4v) is 2.03. The number of anilines is 2. The van der Waals surface area contributed by atoms with Crippen LogP contribution in [0.5, 0.6) is 0 Å². The maximum atomic E-state index is 13.1. The first-order valence-corrected chi connectivity index (χ1v) is 7.16. The number of carbonyl (C=O) groups is 2. The minimum Gasteiger partial charge on any atom is -0.376 e. The lowest BCUT2D eigenvalue weighted by atomic mass is 10.2. The third kappa shape index (κ3) is 4.77. The molecule has 2 rings (SSSR count). The molecule has 0 aliphatic heterocycles. The summed E-state index contributed by atoms with van der Waals surface area (Å²) in [5.41, 5.74) is 1.07.